The molecule has 0 spiro atoms. The zero-order valence-electron chi connectivity index (χ0n) is 14.5. The highest BCUT2D eigenvalue weighted by Gasteiger charge is 2.40. The van der Waals surface area contributed by atoms with E-state index >= 15 is 0 Å². The van der Waals surface area contributed by atoms with E-state index in [1.54, 1.807) is 14.2 Å². The van der Waals surface area contributed by atoms with Crippen LogP contribution in [0, 0.1) is 0 Å². The first-order valence-electron chi connectivity index (χ1n) is 7.25. The van der Waals surface area contributed by atoms with Crippen LogP contribution in [0.25, 0.3) is 0 Å². The Labute approximate surface area is 143 Å². The molecule has 1 rings (SSSR count). The topological polar surface area (TPSA) is 36.9 Å². The molecule has 0 saturated carbocycles. The van der Waals surface area contributed by atoms with Gasteiger partial charge in [0.2, 0.25) is 0 Å². The van der Waals surface area contributed by atoms with Crippen LogP contribution in [0.1, 0.15) is 32.6 Å². The van der Waals surface area contributed by atoms with E-state index in [1.807, 2.05) is 24.3 Å². The molecule has 1 atom stereocenters. The van der Waals surface area contributed by atoms with Gasteiger partial charge in [0.05, 0.1) is 0 Å². The molecule has 0 fully saturated rings. The Morgan fingerprint density at radius 2 is 1.68 bits per heavy atom. The molecule has 0 bridgehead atoms. The summed E-state index contributed by atoms with van der Waals surface area (Å²) in [4.78, 5) is 0. The normalized spacial score (nSPS) is 14.4. The number of rotatable bonds is 7. The van der Waals surface area contributed by atoms with Crippen molar-refractivity contribution < 1.29 is 18.6 Å². The molecule has 0 heterocycles. The van der Waals surface area contributed by atoms with Gasteiger partial charge in [0.1, 0.15) is 0 Å². The van der Waals surface area contributed by atoms with Crippen LogP contribution in [0.5, 0.6) is 0 Å². The second-order valence-corrected chi connectivity index (χ2v) is 12.3. The lowest BCUT2D eigenvalue weighted by atomic mass is 10.2. The van der Waals surface area contributed by atoms with Crippen molar-refractivity contribution in [2.24, 2.45) is 0 Å². The number of hydrogen-bond acceptors (Lipinski definition) is 4. The molecular formula is C16H27BrO4Si. The second kappa shape index (κ2) is 8.03. The van der Waals surface area contributed by atoms with Crippen molar-refractivity contribution in [2.45, 2.75) is 51.7 Å². The highest BCUT2D eigenvalue weighted by Crippen LogP contribution is 2.40. The summed E-state index contributed by atoms with van der Waals surface area (Å²) in [5, 5.41) is 0.0796. The van der Waals surface area contributed by atoms with E-state index in [0.29, 0.717) is 0 Å². The third kappa shape index (κ3) is 5.44. The SMILES string of the molecule is COC(OC)OC(O[Si](C)(C)C(C)(C)C)c1cccc(Br)c1. The zero-order chi connectivity index (χ0) is 17.0. The van der Waals surface area contributed by atoms with Crippen molar-refractivity contribution in [2.75, 3.05) is 14.2 Å². The Morgan fingerprint density at radius 3 is 2.14 bits per heavy atom. The van der Waals surface area contributed by atoms with Gasteiger partial charge in [-0.2, -0.15) is 0 Å². The largest absolute Gasteiger partial charge is 0.389 e. The van der Waals surface area contributed by atoms with Crippen molar-refractivity contribution >= 4 is 24.2 Å². The molecule has 0 radical (unpaired) electrons. The third-order valence-electron chi connectivity index (χ3n) is 3.95. The fraction of sp³-hybridized carbons (Fsp3) is 0.625. The highest BCUT2D eigenvalue weighted by atomic mass is 79.9. The van der Waals surface area contributed by atoms with E-state index in [2.05, 4.69) is 49.8 Å². The van der Waals surface area contributed by atoms with Gasteiger partial charge in [-0.15, -0.1) is 0 Å². The van der Waals surface area contributed by atoms with Gasteiger partial charge in [0.15, 0.2) is 14.6 Å². The lowest BCUT2D eigenvalue weighted by molar-refractivity contribution is -0.316. The number of ether oxygens (including phenoxy) is 3. The predicted octanol–water partition coefficient (Wildman–Crippen LogP) is 5.06. The van der Waals surface area contributed by atoms with E-state index < -0.39 is 21.1 Å². The summed E-state index contributed by atoms with van der Waals surface area (Å²) in [5.74, 6) is 0. The molecule has 0 amide bonds. The summed E-state index contributed by atoms with van der Waals surface area (Å²) < 4.78 is 23.6. The van der Waals surface area contributed by atoms with Crippen molar-refractivity contribution in [3.8, 4) is 0 Å². The smallest absolute Gasteiger partial charge is 0.273 e. The number of halogens is 1. The monoisotopic (exact) mass is 390 g/mol. The molecule has 0 saturated heterocycles. The molecule has 1 unspecified atom stereocenters. The quantitative estimate of drug-likeness (QED) is 0.481. The molecular weight excluding hydrogens is 364 g/mol. The molecule has 0 aliphatic heterocycles. The Morgan fingerprint density at radius 1 is 1.09 bits per heavy atom. The summed E-state index contributed by atoms with van der Waals surface area (Å²) in [6.45, 7) is 10.2. The maximum atomic E-state index is 6.41. The van der Waals surface area contributed by atoms with Crippen molar-refractivity contribution in [3.05, 3.63) is 34.3 Å². The van der Waals surface area contributed by atoms with Gasteiger partial charge in [-0.25, -0.2) is 0 Å². The van der Waals surface area contributed by atoms with Crippen molar-refractivity contribution in [3.63, 3.8) is 0 Å². The summed E-state index contributed by atoms with van der Waals surface area (Å²) in [7, 11) is 1.07. The molecule has 126 valence electrons. The molecule has 6 heteroatoms. The van der Waals surface area contributed by atoms with E-state index in [0.717, 1.165) is 10.0 Å². The first-order chi connectivity index (χ1) is 10.1. The Bertz CT molecular complexity index is 469. The summed E-state index contributed by atoms with van der Waals surface area (Å²) >= 11 is 3.49. The summed E-state index contributed by atoms with van der Waals surface area (Å²) in [6.07, 6.45) is -0.539. The predicted molar refractivity (Wildman–Crippen MR) is 94.1 cm³/mol. The molecule has 0 aliphatic rings. The van der Waals surface area contributed by atoms with Gasteiger partial charge in [0, 0.05) is 24.3 Å². The molecule has 4 nitrogen and oxygen atoms in total. The van der Waals surface area contributed by atoms with Crippen LogP contribution < -0.4 is 0 Å². The Kier molecular flexibility index (Phi) is 7.23. The van der Waals surface area contributed by atoms with Crippen LogP contribution >= 0.6 is 15.9 Å². The zero-order valence-corrected chi connectivity index (χ0v) is 17.1. The number of methoxy groups -OCH3 is 2. The van der Waals surface area contributed by atoms with Crippen LogP contribution in [-0.4, -0.2) is 29.0 Å². The highest BCUT2D eigenvalue weighted by molar-refractivity contribution is 9.10. The molecule has 22 heavy (non-hydrogen) atoms. The first-order valence-corrected chi connectivity index (χ1v) is 10.9. The van der Waals surface area contributed by atoms with E-state index in [4.69, 9.17) is 18.6 Å². The minimum atomic E-state index is -2.01. The van der Waals surface area contributed by atoms with Gasteiger partial charge in [0.25, 0.3) is 6.48 Å². The van der Waals surface area contributed by atoms with Crippen LogP contribution in [0.3, 0.4) is 0 Å². The second-order valence-electron chi connectivity index (χ2n) is 6.66. The minimum absolute atomic E-state index is 0.0796. The van der Waals surface area contributed by atoms with E-state index in [-0.39, 0.29) is 5.04 Å². The molecule has 1 aromatic carbocycles. The van der Waals surface area contributed by atoms with E-state index in [1.165, 1.54) is 0 Å². The third-order valence-corrected chi connectivity index (χ3v) is 8.86. The standard InChI is InChI=1S/C16H27BrO4Si/c1-16(2,3)22(6,7)21-14(20-15(18-4)19-5)12-9-8-10-13(17)11-12/h8-11,14-15H,1-7H3. The fourth-order valence-electron chi connectivity index (χ4n) is 1.58. The maximum absolute atomic E-state index is 6.41. The molecule has 1 aromatic rings. The Hall–Kier alpha value is -0.243. The van der Waals surface area contributed by atoms with Gasteiger partial charge < -0.3 is 13.9 Å². The van der Waals surface area contributed by atoms with Crippen LogP contribution in [0.2, 0.25) is 18.1 Å². The van der Waals surface area contributed by atoms with Crippen LogP contribution in [0.4, 0.5) is 0 Å². The average molecular weight is 391 g/mol. The lowest BCUT2D eigenvalue weighted by Crippen LogP contribution is -2.43. The van der Waals surface area contributed by atoms with Gasteiger partial charge in [-0.1, -0.05) is 48.8 Å². The van der Waals surface area contributed by atoms with Gasteiger partial charge in [-0.05, 0) is 30.3 Å². The number of hydrogen-bond donors (Lipinski definition) is 0. The minimum Gasteiger partial charge on any atom is -0.389 e. The molecule has 0 aliphatic carbocycles. The fourth-order valence-corrected chi connectivity index (χ4v) is 3.08. The maximum Gasteiger partial charge on any atom is 0.273 e. The van der Waals surface area contributed by atoms with E-state index in [9.17, 15) is 0 Å². The summed E-state index contributed by atoms with van der Waals surface area (Å²) in [6, 6.07) is 7.89. The Balaban J connectivity index is 3.06. The van der Waals surface area contributed by atoms with Crippen molar-refractivity contribution in [1.29, 1.82) is 0 Å². The van der Waals surface area contributed by atoms with Crippen LogP contribution in [0.15, 0.2) is 28.7 Å². The van der Waals surface area contributed by atoms with Gasteiger partial charge in [-0.3, -0.25) is 4.74 Å². The first kappa shape index (κ1) is 19.8. The lowest BCUT2D eigenvalue weighted by Gasteiger charge is -2.39. The van der Waals surface area contributed by atoms with Gasteiger partial charge >= 0.3 is 0 Å². The van der Waals surface area contributed by atoms with Crippen LogP contribution in [-0.2, 0) is 18.6 Å². The molecule has 0 N–H and O–H groups in total. The van der Waals surface area contributed by atoms with Crippen molar-refractivity contribution in [1.82, 2.24) is 0 Å². The molecule has 0 aromatic heterocycles. The average Bonchev–Trinajstić information content (AvgIpc) is 2.42. The summed E-state index contributed by atoms with van der Waals surface area (Å²) in [5.41, 5.74) is 0.929. The number of benzene rings is 1.